The zero-order valence-electron chi connectivity index (χ0n) is 10.2. The van der Waals surface area contributed by atoms with Crippen LogP contribution in [0.5, 0.6) is 0 Å². The molecule has 0 radical (unpaired) electrons. The smallest absolute Gasteiger partial charge is 0.0928 e. The second-order valence-corrected chi connectivity index (χ2v) is 5.64. The molecule has 1 aromatic heterocycles. The minimum Gasteiger partial charge on any atom is -0.309 e. The van der Waals surface area contributed by atoms with E-state index in [0.29, 0.717) is 6.04 Å². The summed E-state index contributed by atoms with van der Waals surface area (Å²) >= 11 is 1.79. The van der Waals surface area contributed by atoms with Crippen molar-refractivity contribution in [2.75, 3.05) is 0 Å². The van der Waals surface area contributed by atoms with Crippen molar-refractivity contribution in [3.63, 3.8) is 0 Å². The number of nitrogens with zero attached hydrogens (tertiary/aromatic N) is 1. The van der Waals surface area contributed by atoms with Gasteiger partial charge in [0.15, 0.2) is 0 Å². The predicted octanol–water partition coefficient (Wildman–Crippen LogP) is 3.23. The van der Waals surface area contributed by atoms with Crippen molar-refractivity contribution in [3.05, 3.63) is 16.1 Å². The first-order valence-electron chi connectivity index (χ1n) is 5.74. The fraction of sp³-hybridized carbons (Fsp3) is 0.750. The highest BCUT2D eigenvalue weighted by molar-refractivity contribution is 7.09. The summed E-state index contributed by atoms with van der Waals surface area (Å²) in [5.74, 6) is 0.770. The molecule has 1 N–H and O–H groups in total. The molecule has 86 valence electrons. The van der Waals surface area contributed by atoms with Crippen LogP contribution >= 0.6 is 11.3 Å². The third-order valence-corrected chi connectivity index (χ3v) is 3.18. The topological polar surface area (TPSA) is 24.9 Å². The van der Waals surface area contributed by atoms with Crippen LogP contribution in [0.1, 0.15) is 44.8 Å². The van der Waals surface area contributed by atoms with Gasteiger partial charge in [-0.1, -0.05) is 27.7 Å². The molecule has 3 heteroatoms. The van der Waals surface area contributed by atoms with Gasteiger partial charge in [0, 0.05) is 18.0 Å². The van der Waals surface area contributed by atoms with Gasteiger partial charge in [-0.3, -0.25) is 0 Å². The fourth-order valence-electron chi connectivity index (χ4n) is 1.27. The van der Waals surface area contributed by atoms with E-state index < -0.39 is 0 Å². The molecule has 1 rings (SSSR count). The van der Waals surface area contributed by atoms with E-state index >= 15 is 0 Å². The Morgan fingerprint density at radius 1 is 1.33 bits per heavy atom. The molecular formula is C12H22N2S. The van der Waals surface area contributed by atoms with Gasteiger partial charge < -0.3 is 5.32 Å². The maximum atomic E-state index is 4.61. The molecule has 0 saturated carbocycles. The number of aromatic nitrogens is 1. The summed E-state index contributed by atoms with van der Waals surface area (Å²) in [6.07, 6.45) is 2.37. The number of thiazole rings is 1. The van der Waals surface area contributed by atoms with Gasteiger partial charge in [-0.25, -0.2) is 4.98 Å². The minimum absolute atomic E-state index is 0.533. The van der Waals surface area contributed by atoms with Crippen LogP contribution in [0.3, 0.4) is 0 Å². The Hall–Kier alpha value is -0.410. The SMILES string of the molecule is CC(C)CCc1nc(CNC(C)C)cs1. The molecule has 0 spiro atoms. The van der Waals surface area contributed by atoms with E-state index in [1.807, 2.05) is 0 Å². The number of hydrogen-bond acceptors (Lipinski definition) is 3. The van der Waals surface area contributed by atoms with E-state index in [1.54, 1.807) is 11.3 Å². The Kier molecular flexibility index (Phi) is 5.26. The molecular weight excluding hydrogens is 204 g/mol. The third-order valence-electron chi connectivity index (χ3n) is 2.23. The predicted molar refractivity (Wildman–Crippen MR) is 67.2 cm³/mol. The molecule has 0 saturated heterocycles. The lowest BCUT2D eigenvalue weighted by molar-refractivity contribution is 0.574. The van der Waals surface area contributed by atoms with Gasteiger partial charge in [0.2, 0.25) is 0 Å². The van der Waals surface area contributed by atoms with Gasteiger partial charge in [-0.15, -0.1) is 11.3 Å². The fourth-order valence-corrected chi connectivity index (χ4v) is 2.08. The highest BCUT2D eigenvalue weighted by Crippen LogP contribution is 2.14. The first-order valence-corrected chi connectivity index (χ1v) is 6.62. The van der Waals surface area contributed by atoms with Crippen LogP contribution < -0.4 is 5.32 Å². The lowest BCUT2D eigenvalue weighted by Crippen LogP contribution is -2.21. The summed E-state index contributed by atoms with van der Waals surface area (Å²) < 4.78 is 0. The summed E-state index contributed by atoms with van der Waals surface area (Å²) in [5.41, 5.74) is 1.19. The Morgan fingerprint density at radius 3 is 2.67 bits per heavy atom. The second kappa shape index (κ2) is 6.23. The number of hydrogen-bond donors (Lipinski definition) is 1. The molecule has 15 heavy (non-hydrogen) atoms. The van der Waals surface area contributed by atoms with Crippen LogP contribution in [0.4, 0.5) is 0 Å². The van der Waals surface area contributed by atoms with Crippen molar-refractivity contribution < 1.29 is 0 Å². The van der Waals surface area contributed by atoms with E-state index in [0.717, 1.165) is 18.9 Å². The van der Waals surface area contributed by atoms with E-state index in [-0.39, 0.29) is 0 Å². The average Bonchev–Trinajstić information content (AvgIpc) is 2.59. The lowest BCUT2D eigenvalue weighted by atomic mass is 10.1. The summed E-state index contributed by atoms with van der Waals surface area (Å²) in [6, 6.07) is 0.533. The molecule has 0 aliphatic heterocycles. The Labute approximate surface area is 97.1 Å². The molecule has 0 unspecified atom stereocenters. The van der Waals surface area contributed by atoms with E-state index in [1.165, 1.54) is 17.1 Å². The van der Waals surface area contributed by atoms with E-state index in [2.05, 4.69) is 43.4 Å². The molecule has 0 atom stereocenters. The Balaban J connectivity index is 2.35. The molecule has 2 nitrogen and oxygen atoms in total. The molecule has 0 fully saturated rings. The lowest BCUT2D eigenvalue weighted by Gasteiger charge is -2.04. The second-order valence-electron chi connectivity index (χ2n) is 4.70. The standard InChI is InChI=1S/C12H22N2S/c1-9(2)5-6-12-14-11(8-15-12)7-13-10(3)4/h8-10,13H,5-7H2,1-4H3. The van der Waals surface area contributed by atoms with Crippen LogP contribution in [0, 0.1) is 5.92 Å². The first kappa shape index (κ1) is 12.7. The minimum atomic E-state index is 0.533. The third kappa shape index (κ3) is 5.28. The summed E-state index contributed by atoms with van der Waals surface area (Å²) in [7, 11) is 0. The Morgan fingerprint density at radius 2 is 2.07 bits per heavy atom. The van der Waals surface area contributed by atoms with Crippen molar-refractivity contribution in [2.24, 2.45) is 5.92 Å². The quantitative estimate of drug-likeness (QED) is 0.805. The maximum absolute atomic E-state index is 4.61. The normalized spacial score (nSPS) is 11.6. The maximum Gasteiger partial charge on any atom is 0.0928 e. The van der Waals surface area contributed by atoms with Gasteiger partial charge in [-0.05, 0) is 18.8 Å². The summed E-state index contributed by atoms with van der Waals surface area (Å²) in [5, 5.41) is 6.84. The van der Waals surface area contributed by atoms with Crippen LogP contribution in [0.2, 0.25) is 0 Å². The Bertz CT molecular complexity index is 252. The highest BCUT2D eigenvalue weighted by atomic mass is 32.1. The van der Waals surface area contributed by atoms with Gasteiger partial charge in [-0.2, -0.15) is 0 Å². The summed E-state index contributed by atoms with van der Waals surface area (Å²) in [4.78, 5) is 4.61. The van der Waals surface area contributed by atoms with Gasteiger partial charge >= 0.3 is 0 Å². The van der Waals surface area contributed by atoms with E-state index in [9.17, 15) is 0 Å². The highest BCUT2D eigenvalue weighted by Gasteiger charge is 2.03. The van der Waals surface area contributed by atoms with Crippen molar-refractivity contribution in [1.82, 2.24) is 10.3 Å². The van der Waals surface area contributed by atoms with Crippen molar-refractivity contribution >= 4 is 11.3 Å². The largest absolute Gasteiger partial charge is 0.309 e. The van der Waals surface area contributed by atoms with Gasteiger partial charge in [0.1, 0.15) is 0 Å². The summed E-state index contributed by atoms with van der Waals surface area (Å²) in [6.45, 7) is 9.73. The molecule has 0 aromatic carbocycles. The molecule has 0 amide bonds. The molecule has 1 heterocycles. The van der Waals surface area contributed by atoms with Crippen LogP contribution in [-0.2, 0) is 13.0 Å². The van der Waals surface area contributed by atoms with Crippen molar-refractivity contribution in [3.8, 4) is 0 Å². The van der Waals surface area contributed by atoms with Crippen LogP contribution in [0.15, 0.2) is 5.38 Å². The van der Waals surface area contributed by atoms with Crippen LogP contribution in [-0.4, -0.2) is 11.0 Å². The molecule has 0 aliphatic rings. The zero-order valence-corrected chi connectivity index (χ0v) is 11.0. The zero-order chi connectivity index (χ0) is 11.3. The molecule has 0 aliphatic carbocycles. The van der Waals surface area contributed by atoms with Gasteiger partial charge in [0.05, 0.1) is 10.7 Å². The monoisotopic (exact) mass is 226 g/mol. The molecule has 0 bridgehead atoms. The number of aryl methyl sites for hydroxylation is 1. The first-order chi connectivity index (χ1) is 7.08. The van der Waals surface area contributed by atoms with Crippen molar-refractivity contribution in [1.29, 1.82) is 0 Å². The van der Waals surface area contributed by atoms with Crippen molar-refractivity contribution in [2.45, 2.75) is 53.1 Å². The number of nitrogens with one attached hydrogen (secondary N) is 1. The van der Waals surface area contributed by atoms with Gasteiger partial charge in [0.25, 0.3) is 0 Å². The molecule has 1 aromatic rings. The van der Waals surface area contributed by atoms with E-state index in [4.69, 9.17) is 0 Å². The number of rotatable bonds is 6. The van der Waals surface area contributed by atoms with Crippen LogP contribution in [0.25, 0.3) is 0 Å². The average molecular weight is 226 g/mol.